The van der Waals surface area contributed by atoms with Gasteiger partial charge in [-0.2, -0.15) is 5.10 Å². The first-order valence-corrected chi connectivity index (χ1v) is 7.77. The molecule has 1 fully saturated rings. The van der Waals surface area contributed by atoms with E-state index in [0.29, 0.717) is 11.5 Å². The molecule has 0 saturated heterocycles. The van der Waals surface area contributed by atoms with Gasteiger partial charge in [0.1, 0.15) is 0 Å². The van der Waals surface area contributed by atoms with Crippen LogP contribution in [0.3, 0.4) is 0 Å². The summed E-state index contributed by atoms with van der Waals surface area (Å²) in [6.07, 6.45) is 3.14. The molecule has 0 aromatic heterocycles. The minimum absolute atomic E-state index is 0.166. The molecule has 1 aliphatic carbocycles. The fourth-order valence-corrected chi connectivity index (χ4v) is 3.50. The van der Waals surface area contributed by atoms with Gasteiger partial charge < -0.3 is 0 Å². The van der Waals surface area contributed by atoms with E-state index in [2.05, 4.69) is 47.2 Å². The average Bonchev–Trinajstić information content (AvgIpc) is 2.34. The number of carbonyl (C=O) groups is 1. The Morgan fingerprint density at radius 2 is 2.10 bits per heavy atom. The van der Waals surface area contributed by atoms with Crippen LogP contribution in [0.4, 0.5) is 0 Å². The van der Waals surface area contributed by atoms with Crippen molar-refractivity contribution in [1.29, 1.82) is 0 Å². The van der Waals surface area contributed by atoms with Gasteiger partial charge in [0.2, 0.25) is 0 Å². The number of amides is 1. The van der Waals surface area contributed by atoms with Crippen molar-refractivity contribution in [3.05, 3.63) is 34.3 Å². The molecule has 0 unspecified atom stereocenters. The van der Waals surface area contributed by atoms with E-state index in [9.17, 15) is 4.79 Å². The number of halogens is 1. The van der Waals surface area contributed by atoms with Gasteiger partial charge >= 0.3 is 0 Å². The van der Waals surface area contributed by atoms with E-state index in [0.717, 1.165) is 23.0 Å². The number of benzene rings is 1. The highest BCUT2D eigenvalue weighted by Crippen LogP contribution is 2.36. The number of hydrogen-bond acceptors (Lipinski definition) is 2. The monoisotopic (exact) mass is 336 g/mol. The number of rotatable bonds is 2. The lowest BCUT2D eigenvalue weighted by Crippen LogP contribution is -2.30. The molecule has 0 aliphatic heterocycles. The smallest absolute Gasteiger partial charge is 0.267 e. The van der Waals surface area contributed by atoms with Crippen LogP contribution in [0.25, 0.3) is 0 Å². The second-order valence-corrected chi connectivity index (χ2v) is 7.31. The van der Waals surface area contributed by atoms with Gasteiger partial charge in [-0.1, -0.05) is 32.9 Å². The zero-order valence-corrected chi connectivity index (χ0v) is 13.8. The van der Waals surface area contributed by atoms with Gasteiger partial charge in [-0.3, -0.25) is 4.79 Å². The van der Waals surface area contributed by atoms with Crippen molar-refractivity contribution in [2.24, 2.45) is 16.4 Å². The first-order valence-electron chi connectivity index (χ1n) is 6.98. The van der Waals surface area contributed by atoms with Gasteiger partial charge in [-0.15, -0.1) is 0 Å². The van der Waals surface area contributed by atoms with Crippen molar-refractivity contribution in [1.82, 2.24) is 5.43 Å². The second-order valence-electron chi connectivity index (χ2n) is 6.45. The minimum atomic E-state index is -0.166. The van der Waals surface area contributed by atoms with Crippen LogP contribution in [0.2, 0.25) is 0 Å². The highest BCUT2D eigenvalue weighted by Gasteiger charge is 2.29. The van der Waals surface area contributed by atoms with Gasteiger partial charge in [0.05, 0.1) is 5.56 Å². The maximum atomic E-state index is 12.1. The van der Waals surface area contributed by atoms with Gasteiger partial charge in [0.25, 0.3) is 5.91 Å². The molecule has 0 spiro atoms. The van der Waals surface area contributed by atoms with E-state index < -0.39 is 0 Å². The van der Waals surface area contributed by atoms with E-state index in [1.165, 1.54) is 6.42 Å². The molecule has 108 valence electrons. The lowest BCUT2D eigenvalue weighted by molar-refractivity contribution is 0.0953. The summed E-state index contributed by atoms with van der Waals surface area (Å²) < 4.78 is 0.787. The molecule has 2 rings (SSSR count). The third kappa shape index (κ3) is 3.92. The Kier molecular flexibility index (Phi) is 4.63. The molecule has 1 aromatic carbocycles. The Hall–Kier alpha value is -1.16. The molecular formula is C16H21BrN2O. The molecule has 1 saturated carbocycles. The SMILES string of the molecule is C[C@H]1CC(=NNC(=O)c2ccccc2Br)CC(C)(C)C1. The highest BCUT2D eigenvalue weighted by molar-refractivity contribution is 9.10. The molecule has 1 aromatic rings. The van der Waals surface area contributed by atoms with E-state index in [1.807, 2.05) is 18.2 Å². The number of hydrazone groups is 1. The molecule has 1 N–H and O–H groups in total. The van der Waals surface area contributed by atoms with Gasteiger partial charge in [0, 0.05) is 10.2 Å². The van der Waals surface area contributed by atoms with Gasteiger partial charge in [0.15, 0.2) is 0 Å². The maximum Gasteiger partial charge on any atom is 0.272 e. The summed E-state index contributed by atoms with van der Waals surface area (Å²) in [5.74, 6) is 0.457. The first-order chi connectivity index (χ1) is 9.37. The minimum Gasteiger partial charge on any atom is -0.267 e. The fraction of sp³-hybridized carbons (Fsp3) is 0.500. The van der Waals surface area contributed by atoms with Crippen molar-refractivity contribution in [2.75, 3.05) is 0 Å². The Morgan fingerprint density at radius 1 is 1.40 bits per heavy atom. The summed E-state index contributed by atoms with van der Waals surface area (Å²) in [7, 11) is 0. The van der Waals surface area contributed by atoms with E-state index in [4.69, 9.17) is 0 Å². The Morgan fingerprint density at radius 3 is 2.75 bits per heavy atom. The van der Waals surface area contributed by atoms with Crippen LogP contribution in [0.5, 0.6) is 0 Å². The molecule has 0 bridgehead atoms. The van der Waals surface area contributed by atoms with Crippen molar-refractivity contribution in [2.45, 2.75) is 40.0 Å². The molecule has 1 amide bonds. The number of nitrogens with zero attached hydrogens (tertiary/aromatic N) is 1. The zero-order valence-electron chi connectivity index (χ0n) is 12.2. The third-order valence-corrected chi connectivity index (χ3v) is 4.29. The van der Waals surface area contributed by atoms with Crippen LogP contribution in [-0.2, 0) is 0 Å². The van der Waals surface area contributed by atoms with Gasteiger partial charge in [-0.05, 0) is 58.7 Å². The third-order valence-electron chi connectivity index (χ3n) is 3.60. The van der Waals surface area contributed by atoms with Crippen LogP contribution in [0.15, 0.2) is 33.8 Å². The molecule has 20 heavy (non-hydrogen) atoms. The standard InChI is InChI=1S/C16H21BrN2O/c1-11-8-12(10-16(2,3)9-11)18-19-15(20)13-6-4-5-7-14(13)17/h4-7,11H,8-10H2,1-3H3,(H,19,20)/t11-/m0/s1. The Balaban J connectivity index is 2.06. The molecule has 4 heteroatoms. The van der Waals surface area contributed by atoms with Crippen molar-refractivity contribution in [3.63, 3.8) is 0 Å². The van der Waals surface area contributed by atoms with Crippen molar-refractivity contribution < 1.29 is 4.79 Å². The maximum absolute atomic E-state index is 12.1. The van der Waals surface area contributed by atoms with Crippen LogP contribution in [-0.4, -0.2) is 11.6 Å². The van der Waals surface area contributed by atoms with E-state index in [-0.39, 0.29) is 11.3 Å². The van der Waals surface area contributed by atoms with Gasteiger partial charge in [-0.25, -0.2) is 5.43 Å². The average molecular weight is 337 g/mol. The highest BCUT2D eigenvalue weighted by atomic mass is 79.9. The molecule has 0 heterocycles. The Labute approximate surface area is 129 Å². The second kappa shape index (κ2) is 6.08. The zero-order chi connectivity index (χ0) is 14.8. The van der Waals surface area contributed by atoms with E-state index in [1.54, 1.807) is 6.07 Å². The Bertz CT molecular complexity index is 537. The summed E-state index contributed by atoms with van der Waals surface area (Å²) in [5.41, 5.74) is 4.66. The largest absolute Gasteiger partial charge is 0.272 e. The van der Waals surface area contributed by atoms with Crippen LogP contribution < -0.4 is 5.43 Å². The summed E-state index contributed by atoms with van der Waals surface area (Å²) in [6.45, 7) is 6.76. The molecule has 1 atom stereocenters. The topological polar surface area (TPSA) is 41.5 Å². The van der Waals surface area contributed by atoms with E-state index >= 15 is 0 Å². The van der Waals surface area contributed by atoms with Crippen LogP contribution in [0, 0.1) is 11.3 Å². The van der Waals surface area contributed by atoms with Crippen molar-refractivity contribution >= 4 is 27.5 Å². The van der Waals surface area contributed by atoms with Crippen LogP contribution in [0.1, 0.15) is 50.4 Å². The summed E-state index contributed by atoms with van der Waals surface area (Å²) in [5, 5.41) is 4.34. The summed E-state index contributed by atoms with van der Waals surface area (Å²) in [6, 6.07) is 7.37. The fourth-order valence-electron chi connectivity index (χ4n) is 3.04. The summed E-state index contributed by atoms with van der Waals surface area (Å²) in [4.78, 5) is 12.1. The molecule has 3 nitrogen and oxygen atoms in total. The normalized spacial score (nSPS) is 23.6. The predicted octanol–water partition coefficient (Wildman–Crippen LogP) is 4.38. The number of nitrogens with one attached hydrogen (secondary N) is 1. The quantitative estimate of drug-likeness (QED) is 0.800. The number of hydrogen-bond donors (Lipinski definition) is 1. The number of carbonyl (C=O) groups excluding carboxylic acids is 1. The lowest BCUT2D eigenvalue weighted by Gasteiger charge is -2.34. The predicted molar refractivity (Wildman–Crippen MR) is 85.8 cm³/mol. The first kappa shape index (κ1) is 15.2. The lowest BCUT2D eigenvalue weighted by atomic mass is 9.72. The molecule has 0 radical (unpaired) electrons. The van der Waals surface area contributed by atoms with Crippen LogP contribution >= 0.6 is 15.9 Å². The van der Waals surface area contributed by atoms with Crippen molar-refractivity contribution in [3.8, 4) is 0 Å². The molecule has 1 aliphatic rings. The molecular weight excluding hydrogens is 316 g/mol. The summed E-state index contributed by atoms with van der Waals surface area (Å²) >= 11 is 3.38.